The van der Waals surface area contributed by atoms with Crippen molar-refractivity contribution in [1.82, 2.24) is 0 Å². The van der Waals surface area contributed by atoms with Gasteiger partial charge in [-0.05, 0) is 65.4 Å². The molecule has 0 bridgehead atoms. The lowest BCUT2D eigenvalue weighted by molar-refractivity contribution is 0.150. The summed E-state index contributed by atoms with van der Waals surface area (Å²) in [5.41, 5.74) is 2.35. The highest BCUT2D eigenvalue weighted by molar-refractivity contribution is 9.10. The number of benzene rings is 1. The van der Waals surface area contributed by atoms with Crippen LogP contribution in [0.15, 0.2) is 10.5 Å². The Morgan fingerprint density at radius 2 is 2.07 bits per heavy atom. The molecule has 1 saturated carbocycles. The summed E-state index contributed by atoms with van der Waals surface area (Å²) in [5, 5.41) is 9.87. The maximum absolute atomic E-state index is 13.5. The first-order valence-electron chi connectivity index (χ1n) is 5.09. The van der Waals surface area contributed by atoms with Crippen LogP contribution in [-0.4, -0.2) is 10.7 Å². The van der Waals surface area contributed by atoms with Crippen LogP contribution in [0.2, 0.25) is 0 Å². The van der Waals surface area contributed by atoms with Gasteiger partial charge in [-0.2, -0.15) is 0 Å². The number of rotatable bonds is 2. The van der Waals surface area contributed by atoms with E-state index in [0.29, 0.717) is 10.9 Å². The van der Waals surface area contributed by atoms with E-state index in [2.05, 4.69) is 15.9 Å². The summed E-state index contributed by atoms with van der Waals surface area (Å²) in [6.07, 6.45) is 2.21. The van der Waals surface area contributed by atoms with Crippen molar-refractivity contribution in [3.63, 3.8) is 0 Å². The van der Waals surface area contributed by atoms with Crippen molar-refractivity contribution in [2.45, 2.75) is 38.7 Å². The highest BCUT2D eigenvalue weighted by atomic mass is 79.9. The largest absolute Gasteiger partial charge is 0.390 e. The van der Waals surface area contributed by atoms with E-state index >= 15 is 0 Å². The summed E-state index contributed by atoms with van der Waals surface area (Å²) >= 11 is 3.26. The molecule has 0 atom stereocenters. The van der Waals surface area contributed by atoms with Gasteiger partial charge in [0.25, 0.3) is 0 Å². The van der Waals surface area contributed by atoms with Gasteiger partial charge < -0.3 is 5.11 Å². The van der Waals surface area contributed by atoms with Gasteiger partial charge in [0.2, 0.25) is 0 Å². The predicted molar refractivity (Wildman–Crippen MR) is 61.5 cm³/mol. The molecule has 0 radical (unpaired) electrons. The van der Waals surface area contributed by atoms with Crippen LogP contribution in [0.1, 0.15) is 29.5 Å². The molecule has 0 aromatic heterocycles. The number of hydrogen-bond donors (Lipinski definition) is 1. The third-order valence-electron chi connectivity index (χ3n) is 3.20. The van der Waals surface area contributed by atoms with E-state index in [1.165, 1.54) is 6.07 Å². The SMILES string of the molecule is Cc1cc(F)c(Br)c(CC2(O)CC2)c1C. The summed E-state index contributed by atoms with van der Waals surface area (Å²) in [7, 11) is 0. The molecule has 2 rings (SSSR count). The molecule has 1 aliphatic rings. The molecule has 1 N–H and O–H groups in total. The van der Waals surface area contributed by atoms with E-state index in [1.54, 1.807) is 0 Å². The zero-order valence-corrected chi connectivity index (χ0v) is 10.5. The molecule has 0 unspecified atom stereocenters. The highest BCUT2D eigenvalue weighted by Gasteiger charge is 2.41. The standard InChI is InChI=1S/C12H14BrFO/c1-7-5-10(14)11(13)9(8(7)2)6-12(15)3-4-12/h5,15H,3-4,6H2,1-2H3. The van der Waals surface area contributed by atoms with Crippen molar-refractivity contribution in [3.05, 3.63) is 33.0 Å². The number of aliphatic hydroxyl groups is 1. The summed E-state index contributed by atoms with van der Waals surface area (Å²) in [5.74, 6) is -0.239. The average molecular weight is 273 g/mol. The molecule has 82 valence electrons. The Labute approximate surface area is 97.4 Å². The van der Waals surface area contributed by atoms with Crippen LogP contribution >= 0.6 is 15.9 Å². The molecule has 15 heavy (non-hydrogen) atoms. The quantitative estimate of drug-likeness (QED) is 0.876. The Hall–Kier alpha value is -0.410. The molecule has 1 fully saturated rings. The molecule has 0 saturated heterocycles. The van der Waals surface area contributed by atoms with E-state index in [1.807, 2.05) is 13.8 Å². The van der Waals surface area contributed by atoms with E-state index in [0.717, 1.165) is 29.5 Å². The first-order chi connectivity index (χ1) is 6.93. The molecular formula is C12H14BrFO. The second kappa shape index (κ2) is 3.56. The molecule has 1 aromatic rings. The minimum Gasteiger partial charge on any atom is -0.390 e. The first kappa shape index (κ1) is 11.1. The van der Waals surface area contributed by atoms with Crippen LogP contribution < -0.4 is 0 Å². The monoisotopic (exact) mass is 272 g/mol. The van der Waals surface area contributed by atoms with Crippen molar-refractivity contribution in [2.75, 3.05) is 0 Å². The van der Waals surface area contributed by atoms with E-state index < -0.39 is 5.60 Å². The summed E-state index contributed by atoms with van der Waals surface area (Å²) < 4.78 is 14.0. The normalized spacial score (nSPS) is 17.9. The summed E-state index contributed by atoms with van der Waals surface area (Å²) in [6.45, 7) is 3.87. The number of halogens is 2. The van der Waals surface area contributed by atoms with Crippen molar-refractivity contribution in [2.24, 2.45) is 0 Å². The minimum atomic E-state index is -0.576. The lowest BCUT2D eigenvalue weighted by Crippen LogP contribution is -2.13. The van der Waals surface area contributed by atoms with Gasteiger partial charge in [-0.1, -0.05) is 0 Å². The van der Waals surface area contributed by atoms with Crippen LogP contribution in [0.4, 0.5) is 4.39 Å². The fraction of sp³-hybridized carbons (Fsp3) is 0.500. The van der Waals surface area contributed by atoms with E-state index in [-0.39, 0.29) is 5.82 Å². The number of aryl methyl sites for hydroxylation is 1. The Kier molecular flexibility index (Phi) is 2.63. The molecule has 0 amide bonds. The van der Waals surface area contributed by atoms with Crippen LogP contribution in [-0.2, 0) is 6.42 Å². The van der Waals surface area contributed by atoms with Crippen LogP contribution in [0.25, 0.3) is 0 Å². The topological polar surface area (TPSA) is 20.2 Å². The molecule has 1 aliphatic carbocycles. The average Bonchev–Trinajstić information content (AvgIpc) is 2.89. The van der Waals surface area contributed by atoms with Crippen molar-refractivity contribution in [1.29, 1.82) is 0 Å². The predicted octanol–water partition coefficient (Wildman–Crippen LogP) is 3.27. The van der Waals surface area contributed by atoms with Crippen molar-refractivity contribution < 1.29 is 9.50 Å². The van der Waals surface area contributed by atoms with Gasteiger partial charge in [-0.15, -0.1) is 0 Å². The molecule has 1 nitrogen and oxygen atoms in total. The third kappa shape index (κ3) is 2.08. The van der Waals surface area contributed by atoms with Crippen molar-refractivity contribution >= 4 is 15.9 Å². The lowest BCUT2D eigenvalue weighted by Gasteiger charge is -2.15. The van der Waals surface area contributed by atoms with Crippen LogP contribution in [0.5, 0.6) is 0 Å². The zero-order valence-electron chi connectivity index (χ0n) is 8.90. The minimum absolute atomic E-state index is 0.239. The Bertz CT molecular complexity index is 384. The molecule has 0 spiro atoms. The highest BCUT2D eigenvalue weighted by Crippen LogP contribution is 2.41. The van der Waals surface area contributed by atoms with Gasteiger partial charge in [0.1, 0.15) is 5.82 Å². The second-order valence-corrected chi connectivity index (χ2v) is 5.29. The Balaban J connectivity index is 2.44. The molecule has 3 heteroatoms. The van der Waals surface area contributed by atoms with Gasteiger partial charge in [0, 0.05) is 6.42 Å². The number of hydrogen-bond acceptors (Lipinski definition) is 1. The maximum Gasteiger partial charge on any atom is 0.137 e. The maximum atomic E-state index is 13.5. The molecule has 0 heterocycles. The second-order valence-electron chi connectivity index (χ2n) is 4.49. The smallest absolute Gasteiger partial charge is 0.137 e. The van der Waals surface area contributed by atoms with Gasteiger partial charge in [-0.3, -0.25) is 0 Å². The van der Waals surface area contributed by atoms with Gasteiger partial charge in [0.15, 0.2) is 0 Å². The van der Waals surface area contributed by atoms with E-state index in [4.69, 9.17) is 0 Å². The van der Waals surface area contributed by atoms with Crippen molar-refractivity contribution in [3.8, 4) is 0 Å². The van der Waals surface area contributed by atoms with Gasteiger partial charge in [-0.25, -0.2) is 4.39 Å². The first-order valence-corrected chi connectivity index (χ1v) is 5.89. The summed E-state index contributed by atoms with van der Waals surface area (Å²) in [4.78, 5) is 0. The van der Waals surface area contributed by atoms with Crippen LogP contribution in [0.3, 0.4) is 0 Å². The van der Waals surface area contributed by atoms with Crippen LogP contribution in [0, 0.1) is 19.7 Å². The third-order valence-corrected chi connectivity index (χ3v) is 4.05. The fourth-order valence-corrected chi connectivity index (χ4v) is 2.32. The molecular weight excluding hydrogens is 259 g/mol. The molecule has 0 aliphatic heterocycles. The Morgan fingerprint density at radius 1 is 1.47 bits per heavy atom. The van der Waals surface area contributed by atoms with Gasteiger partial charge >= 0.3 is 0 Å². The lowest BCUT2D eigenvalue weighted by atomic mass is 9.97. The van der Waals surface area contributed by atoms with Gasteiger partial charge in [0.05, 0.1) is 10.1 Å². The fourth-order valence-electron chi connectivity index (χ4n) is 1.77. The zero-order chi connectivity index (χ0) is 11.2. The summed E-state index contributed by atoms with van der Waals surface area (Å²) in [6, 6.07) is 1.53. The molecule has 1 aromatic carbocycles. The van der Waals surface area contributed by atoms with E-state index in [9.17, 15) is 9.50 Å². The Morgan fingerprint density at radius 3 is 2.60 bits per heavy atom.